The fourth-order valence-electron chi connectivity index (χ4n) is 7.93. The van der Waals surface area contributed by atoms with E-state index >= 15 is 0 Å². The lowest BCUT2D eigenvalue weighted by molar-refractivity contribution is 0.171. The Balaban J connectivity index is 1.15. The number of allylic oxidation sites excluding steroid dienone is 6. The van der Waals surface area contributed by atoms with Crippen molar-refractivity contribution >= 4 is 28.0 Å². The van der Waals surface area contributed by atoms with Crippen molar-refractivity contribution in [1.29, 1.82) is 0 Å². The summed E-state index contributed by atoms with van der Waals surface area (Å²) in [6, 6.07) is 28.9. The summed E-state index contributed by atoms with van der Waals surface area (Å²) in [4.78, 5) is 0. The van der Waals surface area contributed by atoms with Gasteiger partial charge in [0.05, 0.1) is 18.5 Å². The van der Waals surface area contributed by atoms with Gasteiger partial charge in [-0.15, -0.1) is 0 Å². The summed E-state index contributed by atoms with van der Waals surface area (Å²) in [7, 11) is 0. The molecule has 3 aliphatic carbocycles. The second-order valence-electron chi connectivity index (χ2n) is 12.7. The molecule has 0 amide bonds. The largest absolute Gasteiger partial charge is 0.484 e. The molecule has 0 saturated carbocycles. The molecule has 5 aliphatic rings. The molecule has 5 atom stereocenters. The van der Waals surface area contributed by atoms with Crippen molar-refractivity contribution in [2.24, 2.45) is 5.92 Å². The van der Waals surface area contributed by atoms with E-state index < -0.39 is 0 Å². The lowest BCUT2D eigenvalue weighted by Gasteiger charge is -2.42. The number of rotatable bonds is 4. The van der Waals surface area contributed by atoms with Gasteiger partial charge in [0.15, 0.2) is 0 Å². The number of fused-ring (bicyclic) bond motifs is 6. The van der Waals surface area contributed by atoms with Crippen LogP contribution in [-0.4, -0.2) is 12.3 Å². The third-order valence-electron chi connectivity index (χ3n) is 10.1. The maximum atomic E-state index is 6.73. The minimum atomic E-state index is -0.0258. The lowest BCUT2D eigenvalue weighted by Crippen LogP contribution is -2.61. The molecule has 5 unspecified atom stereocenters. The molecule has 4 nitrogen and oxygen atoms in total. The molecule has 1 fully saturated rings. The minimum Gasteiger partial charge on any atom is -0.484 e. The molecular formula is C41H37N3O. The van der Waals surface area contributed by atoms with Gasteiger partial charge in [0.25, 0.3) is 0 Å². The Hall–Kier alpha value is -4.48. The normalized spacial score (nSPS) is 26.4. The van der Waals surface area contributed by atoms with Crippen molar-refractivity contribution in [3.8, 4) is 5.75 Å². The summed E-state index contributed by atoms with van der Waals surface area (Å²) < 4.78 is 6.73. The van der Waals surface area contributed by atoms with Crippen molar-refractivity contribution in [2.75, 3.05) is 0 Å². The van der Waals surface area contributed by atoms with Crippen LogP contribution in [0.25, 0.3) is 28.0 Å². The third kappa shape index (κ3) is 4.64. The summed E-state index contributed by atoms with van der Waals surface area (Å²) in [5.74, 6) is 1.47. The van der Waals surface area contributed by atoms with Gasteiger partial charge < -0.3 is 4.74 Å². The van der Waals surface area contributed by atoms with Crippen LogP contribution in [0.1, 0.15) is 65.0 Å². The maximum absolute atomic E-state index is 6.73. The number of benzene rings is 4. The zero-order valence-corrected chi connectivity index (χ0v) is 25.2. The molecule has 1 saturated heterocycles. The van der Waals surface area contributed by atoms with Crippen molar-refractivity contribution in [2.45, 2.75) is 50.3 Å². The molecule has 222 valence electrons. The van der Waals surface area contributed by atoms with Crippen LogP contribution >= 0.6 is 0 Å². The quantitative estimate of drug-likeness (QED) is 0.225. The Kier molecular flexibility index (Phi) is 6.66. The predicted molar refractivity (Wildman–Crippen MR) is 184 cm³/mol. The van der Waals surface area contributed by atoms with Crippen LogP contribution < -0.4 is 20.7 Å². The Morgan fingerprint density at radius 2 is 1.51 bits per heavy atom. The van der Waals surface area contributed by atoms with Crippen LogP contribution in [0.3, 0.4) is 0 Å². The Labute approximate surface area is 264 Å². The first kappa shape index (κ1) is 26.9. The van der Waals surface area contributed by atoms with E-state index in [1.807, 2.05) is 0 Å². The second kappa shape index (κ2) is 11.1. The first-order valence-electron chi connectivity index (χ1n) is 16.4. The Bertz CT molecular complexity index is 1950. The van der Waals surface area contributed by atoms with Gasteiger partial charge in [0, 0.05) is 29.0 Å². The van der Waals surface area contributed by atoms with E-state index in [1.165, 1.54) is 55.3 Å². The fourth-order valence-corrected chi connectivity index (χ4v) is 7.93. The van der Waals surface area contributed by atoms with Crippen LogP contribution in [0.2, 0.25) is 0 Å². The molecule has 2 heterocycles. The fraction of sp³-hybridized carbons (Fsp3) is 0.220. The van der Waals surface area contributed by atoms with Gasteiger partial charge >= 0.3 is 0 Å². The van der Waals surface area contributed by atoms with Gasteiger partial charge in [-0.3, -0.25) is 16.0 Å². The van der Waals surface area contributed by atoms with E-state index in [2.05, 4.69) is 143 Å². The van der Waals surface area contributed by atoms with Crippen molar-refractivity contribution < 1.29 is 4.74 Å². The summed E-state index contributed by atoms with van der Waals surface area (Å²) in [6.07, 6.45) is 22.3. The molecule has 3 N–H and O–H groups in total. The highest BCUT2D eigenvalue weighted by atomic mass is 16.5. The highest BCUT2D eigenvalue weighted by molar-refractivity contribution is 6.08. The van der Waals surface area contributed by atoms with E-state index in [-0.39, 0.29) is 24.6 Å². The van der Waals surface area contributed by atoms with Gasteiger partial charge in [-0.25, -0.2) is 0 Å². The molecule has 4 aromatic rings. The number of hydrogen-bond acceptors (Lipinski definition) is 4. The summed E-state index contributed by atoms with van der Waals surface area (Å²) in [5.41, 5.74) is 10.3. The van der Waals surface area contributed by atoms with E-state index in [4.69, 9.17) is 4.74 Å². The number of nitrogens with one attached hydrogen (secondary N) is 3. The molecule has 45 heavy (non-hydrogen) atoms. The molecule has 0 bridgehead atoms. The Morgan fingerprint density at radius 3 is 2.40 bits per heavy atom. The molecule has 2 aliphatic heterocycles. The molecule has 0 aromatic heterocycles. The second-order valence-corrected chi connectivity index (χ2v) is 12.7. The Morgan fingerprint density at radius 1 is 0.667 bits per heavy atom. The van der Waals surface area contributed by atoms with Crippen molar-refractivity contribution in [3.63, 3.8) is 0 Å². The van der Waals surface area contributed by atoms with E-state index in [0.717, 1.165) is 31.4 Å². The molecule has 0 spiro atoms. The van der Waals surface area contributed by atoms with E-state index in [1.54, 1.807) is 0 Å². The smallest absolute Gasteiger partial charge is 0.131 e. The van der Waals surface area contributed by atoms with Gasteiger partial charge in [-0.05, 0) is 57.9 Å². The van der Waals surface area contributed by atoms with Crippen molar-refractivity contribution in [3.05, 3.63) is 155 Å². The zero-order chi connectivity index (χ0) is 29.7. The lowest BCUT2D eigenvalue weighted by atomic mass is 9.83. The van der Waals surface area contributed by atoms with Gasteiger partial charge in [-0.1, -0.05) is 127 Å². The van der Waals surface area contributed by atoms with E-state index in [0.29, 0.717) is 5.92 Å². The third-order valence-corrected chi connectivity index (χ3v) is 10.1. The maximum Gasteiger partial charge on any atom is 0.131 e. The van der Waals surface area contributed by atoms with Crippen LogP contribution in [-0.2, 0) is 6.42 Å². The van der Waals surface area contributed by atoms with Crippen LogP contribution in [0.4, 0.5) is 0 Å². The minimum absolute atomic E-state index is 0.0258. The highest BCUT2D eigenvalue weighted by Gasteiger charge is 2.36. The SMILES string of the molecule is C1=CCC(C2NC(c3ccccc3)NC(c3ccc(C4=C5c6ccc7c(c6OC5CC=C4)CCC=C7)c4ccccc34)N2)C=C1. The number of hydrogen-bond donors (Lipinski definition) is 3. The average Bonchev–Trinajstić information content (AvgIpc) is 3.51. The average molecular weight is 588 g/mol. The zero-order valence-electron chi connectivity index (χ0n) is 25.2. The topological polar surface area (TPSA) is 45.3 Å². The first-order valence-corrected chi connectivity index (χ1v) is 16.4. The molecule has 4 heteroatoms. The van der Waals surface area contributed by atoms with Crippen LogP contribution in [0, 0.1) is 5.92 Å². The monoisotopic (exact) mass is 587 g/mol. The molecule has 9 rings (SSSR count). The first-order chi connectivity index (χ1) is 22.3. The van der Waals surface area contributed by atoms with Gasteiger partial charge in [0.2, 0.25) is 0 Å². The standard InChI is InChI=1S/C41H37N3O/c1-3-13-27(14-4-1)39-42-40(28-15-5-2-6-16-28)44-41(43-39)34-25-24-32(30-18-9-10-19-31(30)34)33-20-11-21-36-37(33)35-23-22-26-12-7-8-17-29(26)38(35)45-36/h1-7,9-15,18-20,22-25,28,36,39-44H,8,16-17,21H2. The van der Waals surface area contributed by atoms with Crippen molar-refractivity contribution in [1.82, 2.24) is 16.0 Å². The van der Waals surface area contributed by atoms with Crippen LogP contribution in [0.5, 0.6) is 5.75 Å². The molecule has 4 aromatic carbocycles. The molecule has 0 radical (unpaired) electrons. The summed E-state index contributed by atoms with van der Waals surface area (Å²) >= 11 is 0. The highest BCUT2D eigenvalue weighted by Crippen LogP contribution is 2.49. The van der Waals surface area contributed by atoms with Gasteiger partial charge in [-0.2, -0.15) is 0 Å². The van der Waals surface area contributed by atoms with E-state index in [9.17, 15) is 0 Å². The number of ether oxygens (including phenoxy) is 1. The van der Waals surface area contributed by atoms with Gasteiger partial charge in [0.1, 0.15) is 11.9 Å². The predicted octanol–water partition coefficient (Wildman–Crippen LogP) is 8.37. The summed E-state index contributed by atoms with van der Waals surface area (Å²) in [6.45, 7) is 0. The summed E-state index contributed by atoms with van der Waals surface area (Å²) in [5, 5.41) is 14.3. The van der Waals surface area contributed by atoms with Crippen LogP contribution in [0.15, 0.2) is 121 Å². The molecular weight excluding hydrogens is 550 g/mol.